The number of amides is 1. The van der Waals surface area contributed by atoms with Crippen molar-refractivity contribution >= 4 is 23.3 Å². The number of benzene rings is 3. The molecule has 0 spiro atoms. The molecule has 0 saturated carbocycles. The van der Waals surface area contributed by atoms with Crippen molar-refractivity contribution < 1.29 is 24.4 Å². The molecule has 0 aliphatic rings. The summed E-state index contributed by atoms with van der Waals surface area (Å²) in [5.74, 6) is -0.642. The molecule has 0 saturated heterocycles. The zero-order valence-corrected chi connectivity index (χ0v) is 18.8. The monoisotopic (exact) mass is 462 g/mol. The number of rotatable bonds is 11. The molecular formula is C26H26N2O6. The summed E-state index contributed by atoms with van der Waals surface area (Å²) in [6.07, 6.45) is 1.99. The fourth-order valence-corrected chi connectivity index (χ4v) is 3.43. The van der Waals surface area contributed by atoms with Gasteiger partial charge in [-0.05, 0) is 41.3 Å². The average molecular weight is 463 g/mol. The van der Waals surface area contributed by atoms with Crippen LogP contribution in [0.4, 0.5) is 11.4 Å². The van der Waals surface area contributed by atoms with Gasteiger partial charge >= 0.3 is 5.97 Å². The molecule has 0 aliphatic heterocycles. The normalized spacial score (nSPS) is 10.5. The van der Waals surface area contributed by atoms with Crippen molar-refractivity contribution in [2.45, 2.75) is 32.7 Å². The highest BCUT2D eigenvalue weighted by Gasteiger charge is 2.18. The van der Waals surface area contributed by atoms with Gasteiger partial charge in [-0.15, -0.1) is 0 Å². The fraction of sp³-hybridized carbons (Fsp3) is 0.231. The molecule has 0 aromatic heterocycles. The third kappa shape index (κ3) is 6.65. The highest BCUT2D eigenvalue weighted by atomic mass is 16.6. The number of nitro benzene ring substituents is 1. The lowest BCUT2D eigenvalue weighted by Crippen LogP contribution is -2.30. The molecular weight excluding hydrogens is 436 g/mol. The van der Waals surface area contributed by atoms with E-state index in [9.17, 15) is 19.7 Å². The Labute approximate surface area is 197 Å². The van der Waals surface area contributed by atoms with Crippen LogP contribution >= 0.6 is 0 Å². The van der Waals surface area contributed by atoms with E-state index in [0.717, 1.165) is 29.5 Å². The van der Waals surface area contributed by atoms with Crippen LogP contribution in [-0.2, 0) is 16.1 Å². The molecule has 3 aromatic rings. The number of unbranched alkanes of at least 4 members (excludes halogenated alkanes) is 1. The van der Waals surface area contributed by atoms with Gasteiger partial charge in [0.2, 0.25) is 5.91 Å². The van der Waals surface area contributed by atoms with Gasteiger partial charge in [-0.1, -0.05) is 55.8 Å². The number of carboxylic acids is 1. The van der Waals surface area contributed by atoms with Crippen molar-refractivity contribution in [1.29, 1.82) is 0 Å². The maximum Gasteiger partial charge on any atom is 0.341 e. The number of aliphatic carboxylic acids is 1. The topological polar surface area (TPSA) is 110 Å². The number of carboxylic acid groups (broad SMARTS) is 1. The number of non-ortho nitro benzene ring substituents is 1. The quantitative estimate of drug-likeness (QED) is 0.300. The predicted molar refractivity (Wildman–Crippen MR) is 129 cm³/mol. The van der Waals surface area contributed by atoms with Crippen molar-refractivity contribution in [2.24, 2.45) is 0 Å². The van der Waals surface area contributed by atoms with Gasteiger partial charge in [0.25, 0.3) is 5.69 Å². The molecule has 3 rings (SSSR count). The van der Waals surface area contributed by atoms with Crippen LogP contribution in [0.5, 0.6) is 5.75 Å². The molecule has 0 heterocycles. The van der Waals surface area contributed by atoms with Crippen LogP contribution in [0.25, 0.3) is 11.1 Å². The molecule has 1 N–H and O–H groups in total. The van der Waals surface area contributed by atoms with Gasteiger partial charge in [-0.2, -0.15) is 0 Å². The Bertz CT molecular complexity index is 1140. The largest absolute Gasteiger partial charge is 0.482 e. The average Bonchev–Trinajstić information content (AvgIpc) is 2.85. The Morgan fingerprint density at radius 3 is 2.24 bits per heavy atom. The molecule has 34 heavy (non-hydrogen) atoms. The first kappa shape index (κ1) is 24.4. The molecule has 8 nitrogen and oxygen atoms in total. The lowest BCUT2D eigenvalue weighted by Gasteiger charge is -2.23. The summed E-state index contributed by atoms with van der Waals surface area (Å²) >= 11 is 0. The number of carbonyl (C=O) groups is 2. The van der Waals surface area contributed by atoms with E-state index in [-0.39, 0.29) is 11.6 Å². The van der Waals surface area contributed by atoms with Gasteiger partial charge in [0.1, 0.15) is 5.75 Å². The van der Waals surface area contributed by atoms with Crippen LogP contribution in [0.2, 0.25) is 0 Å². The summed E-state index contributed by atoms with van der Waals surface area (Å²) in [6.45, 7) is 1.91. The standard InChI is InChI=1S/C26H26N2O6/c1-2-3-7-25(29)27(22-5-4-6-23(16-22)28(32)33)17-19-8-10-20(11-9-19)21-12-14-24(15-13-21)34-18-26(30)31/h4-6,8-16H,2-3,7,17-18H2,1H3,(H,30,31). The van der Waals surface area contributed by atoms with Crippen LogP contribution in [-0.4, -0.2) is 28.5 Å². The van der Waals surface area contributed by atoms with Gasteiger partial charge in [0.15, 0.2) is 6.61 Å². The second-order valence-corrected chi connectivity index (χ2v) is 7.76. The number of nitrogens with zero attached hydrogens (tertiary/aromatic N) is 2. The first-order valence-electron chi connectivity index (χ1n) is 11.0. The van der Waals surface area contributed by atoms with Crippen LogP contribution in [0.1, 0.15) is 31.7 Å². The zero-order valence-electron chi connectivity index (χ0n) is 18.8. The maximum absolute atomic E-state index is 12.9. The lowest BCUT2D eigenvalue weighted by atomic mass is 10.0. The van der Waals surface area contributed by atoms with Crippen LogP contribution in [0.3, 0.4) is 0 Å². The summed E-state index contributed by atoms with van der Waals surface area (Å²) < 4.78 is 5.16. The molecule has 0 radical (unpaired) electrons. The van der Waals surface area contributed by atoms with E-state index in [1.165, 1.54) is 12.1 Å². The molecule has 3 aromatic carbocycles. The molecule has 0 fully saturated rings. The van der Waals surface area contributed by atoms with Crippen LogP contribution in [0.15, 0.2) is 72.8 Å². The van der Waals surface area contributed by atoms with Crippen molar-refractivity contribution in [3.05, 3.63) is 88.5 Å². The van der Waals surface area contributed by atoms with Crippen LogP contribution < -0.4 is 9.64 Å². The zero-order chi connectivity index (χ0) is 24.5. The molecule has 176 valence electrons. The number of anilines is 1. The first-order valence-corrected chi connectivity index (χ1v) is 11.0. The SMILES string of the molecule is CCCCC(=O)N(Cc1ccc(-c2ccc(OCC(=O)O)cc2)cc1)c1cccc([N+](=O)[O-])c1. The first-order chi connectivity index (χ1) is 16.4. The summed E-state index contributed by atoms with van der Waals surface area (Å²) in [7, 11) is 0. The molecule has 0 aliphatic carbocycles. The smallest absolute Gasteiger partial charge is 0.341 e. The van der Waals surface area contributed by atoms with E-state index >= 15 is 0 Å². The number of hydrogen-bond donors (Lipinski definition) is 1. The van der Waals surface area contributed by atoms with Crippen molar-refractivity contribution in [2.75, 3.05) is 11.5 Å². The van der Waals surface area contributed by atoms with E-state index in [4.69, 9.17) is 9.84 Å². The molecule has 8 heteroatoms. The van der Waals surface area contributed by atoms with E-state index in [1.807, 2.05) is 43.3 Å². The molecule has 1 amide bonds. The number of ether oxygens (including phenoxy) is 1. The number of hydrogen-bond acceptors (Lipinski definition) is 5. The maximum atomic E-state index is 12.9. The molecule has 0 unspecified atom stereocenters. The van der Waals surface area contributed by atoms with Gasteiger partial charge in [0, 0.05) is 18.6 Å². The van der Waals surface area contributed by atoms with Crippen molar-refractivity contribution in [1.82, 2.24) is 0 Å². The lowest BCUT2D eigenvalue weighted by molar-refractivity contribution is -0.384. The Hall–Kier alpha value is -4.20. The second kappa shape index (κ2) is 11.6. The number of nitro groups is 1. The fourth-order valence-electron chi connectivity index (χ4n) is 3.43. The summed E-state index contributed by atoms with van der Waals surface area (Å²) in [5, 5.41) is 19.9. The van der Waals surface area contributed by atoms with Crippen molar-refractivity contribution in [3.8, 4) is 16.9 Å². The Kier molecular flexibility index (Phi) is 8.34. The minimum absolute atomic E-state index is 0.0584. The third-order valence-electron chi connectivity index (χ3n) is 5.24. The van der Waals surface area contributed by atoms with Crippen LogP contribution in [0, 0.1) is 10.1 Å². The Morgan fingerprint density at radius 1 is 1.00 bits per heavy atom. The van der Waals surface area contributed by atoms with Gasteiger partial charge in [-0.3, -0.25) is 14.9 Å². The third-order valence-corrected chi connectivity index (χ3v) is 5.24. The highest BCUT2D eigenvalue weighted by molar-refractivity contribution is 5.93. The van der Waals surface area contributed by atoms with E-state index in [0.29, 0.717) is 24.4 Å². The van der Waals surface area contributed by atoms with Gasteiger partial charge < -0.3 is 14.7 Å². The minimum atomic E-state index is -1.04. The second-order valence-electron chi connectivity index (χ2n) is 7.76. The molecule has 0 bridgehead atoms. The summed E-state index contributed by atoms with van der Waals surface area (Å²) in [4.78, 5) is 35.9. The van der Waals surface area contributed by atoms with E-state index < -0.39 is 17.5 Å². The van der Waals surface area contributed by atoms with Crippen molar-refractivity contribution in [3.63, 3.8) is 0 Å². The predicted octanol–water partition coefficient (Wildman–Crippen LogP) is 5.45. The Balaban J connectivity index is 1.78. The molecule has 0 atom stereocenters. The number of carbonyl (C=O) groups excluding carboxylic acids is 1. The minimum Gasteiger partial charge on any atom is -0.482 e. The highest BCUT2D eigenvalue weighted by Crippen LogP contribution is 2.26. The summed E-state index contributed by atoms with van der Waals surface area (Å²) in [6, 6.07) is 20.9. The van der Waals surface area contributed by atoms with E-state index in [2.05, 4.69) is 0 Å². The summed E-state index contributed by atoms with van der Waals surface area (Å²) in [5.41, 5.74) is 3.21. The Morgan fingerprint density at radius 2 is 1.65 bits per heavy atom. The van der Waals surface area contributed by atoms with Gasteiger partial charge in [-0.25, -0.2) is 4.79 Å². The van der Waals surface area contributed by atoms with Gasteiger partial charge in [0.05, 0.1) is 17.2 Å². The van der Waals surface area contributed by atoms with E-state index in [1.54, 1.807) is 29.2 Å².